The number of nitrogens with one attached hydrogen (secondary N) is 1. The van der Waals surface area contributed by atoms with Crippen molar-refractivity contribution in [1.29, 1.82) is 0 Å². The van der Waals surface area contributed by atoms with Crippen LogP contribution in [0.3, 0.4) is 0 Å². The molecule has 1 aromatic heterocycles. The summed E-state index contributed by atoms with van der Waals surface area (Å²) in [4.78, 5) is 28.1. The number of aryl methyl sites for hydroxylation is 1. The summed E-state index contributed by atoms with van der Waals surface area (Å²) in [6.07, 6.45) is -0.386. The molecule has 3 aromatic rings. The number of hydrogen-bond acceptors (Lipinski definition) is 7. The number of hydrogen-bond donors (Lipinski definition) is 1. The van der Waals surface area contributed by atoms with Crippen molar-refractivity contribution in [3.63, 3.8) is 0 Å². The molecule has 1 fully saturated rings. The fourth-order valence-corrected chi connectivity index (χ4v) is 5.45. The Labute approximate surface area is 220 Å². The summed E-state index contributed by atoms with van der Waals surface area (Å²) < 4.78 is 40.5. The van der Waals surface area contributed by atoms with Gasteiger partial charge in [0.2, 0.25) is 0 Å². The SMILES string of the molecule is Cc1c(Cc2cccc(NS(=O)(=O)N3CCN(C)CC3)c2)c(=O)oc2cc(OC(=O)N(C)C)c(Cl)cc12. The molecule has 12 heteroatoms. The van der Waals surface area contributed by atoms with Crippen LogP contribution in [0.1, 0.15) is 16.7 Å². The average molecular weight is 549 g/mol. The summed E-state index contributed by atoms with van der Waals surface area (Å²) in [6.45, 7) is 3.96. The Morgan fingerprint density at radius 2 is 1.86 bits per heavy atom. The lowest BCUT2D eigenvalue weighted by atomic mass is 9.99. The number of amides is 1. The Morgan fingerprint density at radius 3 is 2.54 bits per heavy atom. The van der Waals surface area contributed by atoms with E-state index in [2.05, 4.69) is 9.62 Å². The Hall–Kier alpha value is -3.12. The molecule has 198 valence electrons. The van der Waals surface area contributed by atoms with Gasteiger partial charge in [0.1, 0.15) is 5.58 Å². The van der Waals surface area contributed by atoms with Crippen LogP contribution in [0.2, 0.25) is 5.02 Å². The molecule has 1 saturated heterocycles. The van der Waals surface area contributed by atoms with Gasteiger partial charge in [-0.25, -0.2) is 9.59 Å². The van der Waals surface area contributed by atoms with Crippen molar-refractivity contribution in [2.45, 2.75) is 13.3 Å². The predicted octanol–water partition coefficient (Wildman–Crippen LogP) is 3.31. The number of benzene rings is 2. The number of ether oxygens (including phenoxy) is 1. The fourth-order valence-electron chi connectivity index (χ4n) is 4.05. The van der Waals surface area contributed by atoms with Gasteiger partial charge in [-0.05, 0) is 43.3 Å². The van der Waals surface area contributed by atoms with E-state index in [0.717, 1.165) is 5.56 Å². The smallest absolute Gasteiger partial charge is 0.414 e. The van der Waals surface area contributed by atoms with Crippen LogP contribution in [0.4, 0.5) is 10.5 Å². The van der Waals surface area contributed by atoms with Gasteiger partial charge in [-0.2, -0.15) is 12.7 Å². The van der Waals surface area contributed by atoms with Crippen molar-refractivity contribution in [2.75, 3.05) is 52.0 Å². The lowest BCUT2D eigenvalue weighted by Gasteiger charge is -2.31. The molecular weight excluding hydrogens is 520 g/mol. The highest BCUT2D eigenvalue weighted by Gasteiger charge is 2.25. The molecule has 1 aliphatic heterocycles. The second kappa shape index (κ2) is 10.7. The van der Waals surface area contributed by atoms with E-state index >= 15 is 0 Å². The molecule has 4 rings (SSSR count). The average Bonchev–Trinajstić information content (AvgIpc) is 2.83. The van der Waals surface area contributed by atoms with Gasteiger partial charge in [0.15, 0.2) is 5.75 Å². The summed E-state index contributed by atoms with van der Waals surface area (Å²) in [5.74, 6) is 0.0866. The molecule has 37 heavy (non-hydrogen) atoms. The summed E-state index contributed by atoms with van der Waals surface area (Å²) in [7, 11) is 1.35. The van der Waals surface area contributed by atoms with Crippen LogP contribution in [-0.4, -0.2) is 75.9 Å². The first-order chi connectivity index (χ1) is 17.4. The third-order valence-electron chi connectivity index (χ3n) is 6.26. The Kier molecular flexibility index (Phi) is 7.79. The number of carbonyl (C=O) groups excluding carboxylic acids is 1. The highest BCUT2D eigenvalue weighted by molar-refractivity contribution is 7.90. The first kappa shape index (κ1) is 26.9. The molecule has 2 heterocycles. The highest BCUT2D eigenvalue weighted by Crippen LogP contribution is 2.32. The van der Waals surface area contributed by atoms with E-state index in [4.69, 9.17) is 20.8 Å². The quantitative estimate of drug-likeness (QED) is 0.470. The van der Waals surface area contributed by atoms with E-state index in [9.17, 15) is 18.0 Å². The van der Waals surface area contributed by atoms with E-state index in [0.29, 0.717) is 48.4 Å². The molecule has 0 spiro atoms. The van der Waals surface area contributed by atoms with Crippen LogP contribution in [0, 0.1) is 6.92 Å². The summed E-state index contributed by atoms with van der Waals surface area (Å²) in [6, 6.07) is 9.93. The van der Waals surface area contributed by atoms with Crippen LogP contribution in [0.25, 0.3) is 11.0 Å². The van der Waals surface area contributed by atoms with E-state index in [-0.39, 0.29) is 22.8 Å². The number of anilines is 1. The summed E-state index contributed by atoms with van der Waals surface area (Å²) >= 11 is 6.34. The zero-order chi connectivity index (χ0) is 26.9. The van der Waals surface area contributed by atoms with Crippen molar-refractivity contribution in [3.05, 3.63) is 68.5 Å². The first-order valence-corrected chi connectivity index (χ1v) is 13.5. The largest absolute Gasteiger partial charge is 0.422 e. The van der Waals surface area contributed by atoms with E-state index in [1.54, 1.807) is 45.3 Å². The zero-order valence-electron chi connectivity index (χ0n) is 21.1. The van der Waals surface area contributed by atoms with Gasteiger partial charge in [-0.1, -0.05) is 23.7 Å². The van der Waals surface area contributed by atoms with Crippen molar-refractivity contribution < 1.29 is 22.4 Å². The predicted molar refractivity (Wildman–Crippen MR) is 143 cm³/mol. The molecule has 1 aliphatic rings. The van der Waals surface area contributed by atoms with Crippen LogP contribution >= 0.6 is 11.6 Å². The van der Waals surface area contributed by atoms with Crippen molar-refractivity contribution in [1.82, 2.24) is 14.1 Å². The number of likely N-dealkylation sites (N-methyl/N-ethyl adjacent to an activating group) is 1. The van der Waals surface area contributed by atoms with Gasteiger partial charge in [0.05, 0.1) is 10.7 Å². The molecule has 0 bridgehead atoms. The van der Waals surface area contributed by atoms with E-state index < -0.39 is 21.9 Å². The molecule has 0 aliphatic carbocycles. The number of rotatable bonds is 6. The zero-order valence-corrected chi connectivity index (χ0v) is 22.6. The molecule has 1 amide bonds. The van der Waals surface area contributed by atoms with E-state index in [1.165, 1.54) is 15.3 Å². The Morgan fingerprint density at radius 1 is 1.16 bits per heavy atom. The van der Waals surface area contributed by atoms with Gasteiger partial charge in [-0.3, -0.25) is 4.72 Å². The van der Waals surface area contributed by atoms with E-state index in [1.807, 2.05) is 13.1 Å². The van der Waals surface area contributed by atoms with Crippen molar-refractivity contribution in [3.8, 4) is 5.75 Å². The Bertz CT molecular complexity index is 1500. The fraction of sp³-hybridized carbons (Fsp3) is 0.360. The van der Waals surface area contributed by atoms with Gasteiger partial charge in [0, 0.05) is 63.7 Å². The van der Waals surface area contributed by atoms with Gasteiger partial charge in [-0.15, -0.1) is 0 Å². The first-order valence-electron chi connectivity index (χ1n) is 11.6. The molecule has 0 unspecified atom stereocenters. The number of halogens is 1. The van der Waals surface area contributed by atoms with Crippen LogP contribution in [-0.2, 0) is 16.6 Å². The molecule has 10 nitrogen and oxygen atoms in total. The molecular formula is C25H29ClN4O6S. The highest BCUT2D eigenvalue weighted by atomic mass is 35.5. The maximum absolute atomic E-state index is 12.9. The van der Waals surface area contributed by atoms with Crippen molar-refractivity contribution in [2.24, 2.45) is 0 Å². The molecule has 0 saturated carbocycles. The normalized spacial score (nSPS) is 15.1. The minimum atomic E-state index is -3.69. The third-order valence-corrected chi connectivity index (χ3v) is 8.09. The van der Waals surface area contributed by atoms with Crippen LogP contribution in [0.5, 0.6) is 5.75 Å². The monoisotopic (exact) mass is 548 g/mol. The maximum Gasteiger partial charge on any atom is 0.414 e. The molecule has 0 atom stereocenters. The van der Waals surface area contributed by atoms with Crippen LogP contribution in [0.15, 0.2) is 45.6 Å². The third kappa shape index (κ3) is 6.07. The summed E-state index contributed by atoms with van der Waals surface area (Å²) in [5, 5.41) is 0.807. The number of nitrogens with zero attached hydrogens (tertiary/aromatic N) is 3. The lowest BCUT2D eigenvalue weighted by Crippen LogP contribution is -2.48. The number of fused-ring (bicyclic) bond motifs is 1. The molecule has 0 radical (unpaired) electrons. The minimum absolute atomic E-state index is 0.0866. The topological polar surface area (TPSA) is 112 Å². The summed E-state index contributed by atoms with van der Waals surface area (Å²) in [5.41, 5.74) is 1.93. The van der Waals surface area contributed by atoms with Gasteiger partial charge in [0.25, 0.3) is 0 Å². The van der Waals surface area contributed by atoms with Gasteiger partial charge < -0.3 is 19.0 Å². The number of piperazine rings is 1. The van der Waals surface area contributed by atoms with Gasteiger partial charge >= 0.3 is 21.9 Å². The Balaban J connectivity index is 1.59. The van der Waals surface area contributed by atoms with Crippen LogP contribution < -0.4 is 15.1 Å². The minimum Gasteiger partial charge on any atom is -0.422 e. The van der Waals surface area contributed by atoms with Crippen molar-refractivity contribution >= 4 is 44.6 Å². The standard InChI is InChI=1S/C25H29ClN4O6S/c1-16-19-14-21(26)23(36-25(32)28(2)3)15-22(19)35-24(31)20(16)13-17-6-5-7-18(12-17)27-37(33,34)30-10-8-29(4)9-11-30/h5-7,12,14-15,27H,8-11,13H2,1-4H3. The lowest BCUT2D eigenvalue weighted by molar-refractivity contribution is 0.172. The second-order valence-corrected chi connectivity index (χ2v) is 11.3. The molecule has 2 aromatic carbocycles. The molecule has 1 N–H and O–H groups in total. The second-order valence-electron chi connectivity index (χ2n) is 9.22. The number of carbonyl (C=O) groups is 1. The maximum atomic E-state index is 12.9.